The molecule has 1 aliphatic heterocycles. The second-order valence-electron chi connectivity index (χ2n) is 11.2. The van der Waals surface area contributed by atoms with Crippen LogP contribution >= 0.6 is 0 Å². The number of ether oxygens (including phenoxy) is 1. The van der Waals surface area contributed by atoms with E-state index < -0.39 is 16.9 Å². The van der Waals surface area contributed by atoms with Gasteiger partial charge in [0.05, 0.1) is 30.3 Å². The van der Waals surface area contributed by atoms with Crippen LogP contribution in [0.1, 0.15) is 73.6 Å². The van der Waals surface area contributed by atoms with Gasteiger partial charge < -0.3 is 14.5 Å². The Hall–Kier alpha value is -2.37. The van der Waals surface area contributed by atoms with E-state index in [4.69, 9.17) is 4.74 Å². The Morgan fingerprint density at radius 1 is 1.00 bits per heavy atom. The molecule has 1 amide bonds. The van der Waals surface area contributed by atoms with E-state index in [0.29, 0.717) is 12.6 Å². The number of nitrogens with zero attached hydrogens (tertiary/aromatic N) is 2. The highest BCUT2D eigenvalue weighted by Gasteiger charge is 2.40. The predicted molar refractivity (Wildman–Crippen MR) is 127 cm³/mol. The van der Waals surface area contributed by atoms with Crippen LogP contribution in [0.15, 0.2) is 24.3 Å². The zero-order chi connectivity index (χ0) is 23.7. The van der Waals surface area contributed by atoms with Gasteiger partial charge in [0.2, 0.25) is 5.91 Å². The number of anilines is 2. The number of rotatable bonds is 5. The Kier molecular flexibility index (Phi) is 7.01. The molecule has 1 aromatic rings. The molecule has 0 radical (unpaired) electrons. The molecule has 1 fully saturated rings. The summed E-state index contributed by atoms with van der Waals surface area (Å²) < 4.78 is 5.54. The molecule has 1 heterocycles. The molecule has 0 N–H and O–H groups in total. The number of hydrogen-bond acceptors (Lipinski definition) is 5. The van der Waals surface area contributed by atoms with E-state index in [1.165, 1.54) is 12.8 Å². The minimum absolute atomic E-state index is 0.00265. The predicted octanol–water partition coefficient (Wildman–Crippen LogP) is 4.75. The maximum Gasteiger partial charge on any atom is 0.307 e. The van der Waals surface area contributed by atoms with Gasteiger partial charge in [-0.05, 0) is 45.7 Å². The van der Waals surface area contributed by atoms with Crippen LogP contribution in [0.25, 0.3) is 0 Å². The van der Waals surface area contributed by atoms with Gasteiger partial charge in [0.15, 0.2) is 5.78 Å². The van der Waals surface area contributed by atoms with Crippen LogP contribution in [-0.2, 0) is 19.1 Å². The van der Waals surface area contributed by atoms with Gasteiger partial charge >= 0.3 is 5.97 Å². The molecule has 2 aliphatic rings. The van der Waals surface area contributed by atoms with Crippen LogP contribution < -0.4 is 9.80 Å². The normalized spacial score (nSPS) is 20.2. The van der Waals surface area contributed by atoms with Crippen molar-refractivity contribution in [1.29, 1.82) is 0 Å². The molecule has 1 atom stereocenters. The van der Waals surface area contributed by atoms with Crippen molar-refractivity contribution >= 4 is 29.0 Å². The van der Waals surface area contributed by atoms with Gasteiger partial charge in [0.25, 0.3) is 0 Å². The van der Waals surface area contributed by atoms with Crippen molar-refractivity contribution in [3.63, 3.8) is 0 Å². The first-order chi connectivity index (χ1) is 14.9. The highest BCUT2D eigenvalue weighted by Crippen LogP contribution is 2.39. The van der Waals surface area contributed by atoms with Crippen molar-refractivity contribution in [3.8, 4) is 0 Å². The SMILES string of the molecule is CC(C)(C)OC(=O)CC1CN(C2CCCC2)c2ccccc2N(CC(=O)C(C)(C)C)C1=O. The summed E-state index contributed by atoms with van der Waals surface area (Å²) in [4.78, 5) is 43.3. The molecule has 1 unspecified atom stereocenters. The molecule has 1 aromatic carbocycles. The monoisotopic (exact) mass is 442 g/mol. The summed E-state index contributed by atoms with van der Waals surface area (Å²) in [5.41, 5.74) is 0.559. The van der Waals surface area contributed by atoms with E-state index in [1.54, 1.807) is 4.90 Å². The van der Waals surface area contributed by atoms with E-state index >= 15 is 0 Å². The number of hydrogen-bond donors (Lipinski definition) is 0. The van der Waals surface area contributed by atoms with Crippen LogP contribution in [-0.4, -0.2) is 42.4 Å². The Labute approximate surface area is 192 Å². The Morgan fingerprint density at radius 3 is 2.16 bits per heavy atom. The van der Waals surface area contributed by atoms with Crippen LogP contribution in [0.5, 0.6) is 0 Å². The zero-order valence-corrected chi connectivity index (χ0v) is 20.4. The summed E-state index contributed by atoms with van der Waals surface area (Å²) >= 11 is 0. The number of benzene rings is 1. The number of para-hydroxylation sites is 2. The summed E-state index contributed by atoms with van der Waals surface area (Å²) in [5, 5.41) is 0. The topological polar surface area (TPSA) is 66.9 Å². The summed E-state index contributed by atoms with van der Waals surface area (Å²) in [6.07, 6.45) is 4.49. The number of ketones is 1. The number of fused-ring (bicyclic) bond motifs is 1. The fraction of sp³-hybridized carbons (Fsp3) is 0.654. The second kappa shape index (κ2) is 9.24. The van der Waals surface area contributed by atoms with Crippen molar-refractivity contribution in [1.82, 2.24) is 0 Å². The lowest BCUT2D eigenvalue weighted by atomic mass is 9.90. The van der Waals surface area contributed by atoms with Gasteiger partial charge in [0, 0.05) is 18.0 Å². The molecular formula is C26H38N2O4. The van der Waals surface area contributed by atoms with Crippen molar-refractivity contribution in [2.75, 3.05) is 22.9 Å². The third kappa shape index (κ3) is 5.70. The standard InChI is InChI=1S/C26H38N2O4/c1-25(2,3)22(29)17-28-21-14-10-9-13-20(21)27(19-11-7-8-12-19)16-18(24(28)31)15-23(30)32-26(4,5)6/h9-10,13-14,18-19H,7-8,11-12,15-17H2,1-6H3. The van der Waals surface area contributed by atoms with E-state index in [9.17, 15) is 14.4 Å². The second-order valence-corrected chi connectivity index (χ2v) is 11.2. The van der Waals surface area contributed by atoms with Gasteiger partial charge in [-0.3, -0.25) is 14.4 Å². The fourth-order valence-electron chi connectivity index (χ4n) is 4.53. The average Bonchev–Trinajstić information content (AvgIpc) is 3.17. The lowest BCUT2D eigenvalue weighted by molar-refractivity contribution is -0.157. The first-order valence-electron chi connectivity index (χ1n) is 11.8. The molecule has 0 aromatic heterocycles. The number of carbonyl (C=O) groups is 3. The highest BCUT2D eigenvalue weighted by atomic mass is 16.6. The van der Waals surface area contributed by atoms with E-state index in [0.717, 1.165) is 24.2 Å². The van der Waals surface area contributed by atoms with Gasteiger partial charge in [-0.1, -0.05) is 45.7 Å². The molecule has 1 saturated carbocycles. The van der Waals surface area contributed by atoms with Crippen molar-refractivity contribution in [2.45, 2.75) is 85.3 Å². The quantitative estimate of drug-likeness (QED) is 0.616. The molecule has 6 heteroatoms. The first kappa shape index (κ1) is 24.3. The maximum atomic E-state index is 13.8. The van der Waals surface area contributed by atoms with Crippen LogP contribution in [0.3, 0.4) is 0 Å². The summed E-state index contributed by atoms with van der Waals surface area (Å²) in [6.45, 7) is 11.5. The Balaban J connectivity index is 2.00. The van der Waals surface area contributed by atoms with Crippen molar-refractivity contribution in [3.05, 3.63) is 24.3 Å². The smallest absolute Gasteiger partial charge is 0.307 e. The zero-order valence-electron chi connectivity index (χ0n) is 20.4. The van der Waals surface area contributed by atoms with Gasteiger partial charge in [-0.25, -0.2) is 0 Å². The molecule has 0 bridgehead atoms. The fourth-order valence-corrected chi connectivity index (χ4v) is 4.53. The molecule has 32 heavy (non-hydrogen) atoms. The van der Waals surface area contributed by atoms with Crippen molar-refractivity contribution < 1.29 is 19.1 Å². The third-order valence-corrected chi connectivity index (χ3v) is 6.25. The summed E-state index contributed by atoms with van der Waals surface area (Å²) in [7, 11) is 0. The van der Waals surface area contributed by atoms with E-state index in [2.05, 4.69) is 4.90 Å². The highest BCUT2D eigenvalue weighted by molar-refractivity contribution is 6.05. The Morgan fingerprint density at radius 2 is 1.59 bits per heavy atom. The van der Waals surface area contributed by atoms with Crippen LogP contribution in [0.4, 0.5) is 11.4 Å². The molecule has 6 nitrogen and oxygen atoms in total. The number of carbonyl (C=O) groups excluding carboxylic acids is 3. The molecule has 3 rings (SSSR count). The molecule has 0 saturated heterocycles. The van der Waals surface area contributed by atoms with Crippen molar-refractivity contribution in [2.24, 2.45) is 11.3 Å². The lowest BCUT2D eigenvalue weighted by Crippen LogP contribution is -2.45. The largest absolute Gasteiger partial charge is 0.460 e. The number of Topliss-reactive ketones (excluding diaryl/α,β-unsaturated/α-hetero) is 1. The first-order valence-corrected chi connectivity index (χ1v) is 11.8. The maximum absolute atomic E-state index is 13.8. The minimum atomic E-state index is -0.610. The summed E-state index contributed by atoms with van der Waals surface area (Å²) in [6, 6.07) is 8.17. The number of esters is 1. The molecule has 176 valence electrons. The van der Waals surface area contributed by atoms with Gasteiger partial charge in [-0.15, -0.1) is 0 Å². The van der Waals surface area contributed by atoms with E-state index in [-0.39, 0.29) is 30.6 Å². The Bertz CT molecular complexity index is 859. The molecular weight excluding hydrogens is 404 g/mol. The minimum Gasteiger partial charge on any atom is -0.460 e. The average molecular weight is 443 g/mol. The molecule has 1 aliphatic carbocycles. The van der Waals surface area contributed by atoms with E-state index in [1.807, 2.05) is 65.8 Å². The molecule has 0 spiro atoms. The number of amides is 1. The van der Waals surface area contributed by atoms with Gasteiger partial charge in [0.1, 0.15) is 5.60 Å². The van der Waals surface area contributed by atoms with Crippen LogP contribution in [0.2, 0.25) is 0 Å². The van der Waals surface area contributed by atoms with Crippen LogP contribution in [0, 0.1) is 11.3 Å². The lowest BCUT2D eigenvalue weighted by Gasteiger charge is -2.32. The third-order valence-electron chi connectivity index (χ3n) is 6.25. The van der Waals surface area contributed by atoms with Gasteiger partial charge in [-0.2, -0.15) is 0 Å². The summed E-state index contributed by atoms with van der Waals surface area (Å²) in [5.74, 6) is -1.13.